The summed E-state index contributed by atoms with van der Waals surface area (Å²) in [6, 6.07) is 7.42. The number of hydrogen-bond acceptors (Lipinski definition) is 5. The van der Waals surface area contributed by atoms with Gasteiger partial charge in [-0.2, -0.15) is 0 Å². The first kappa shape index (κ1) is 17.7. The molecule has 5 heteroatoms. The number of benzene rings is 1. The monoisotopic (exact) mass is 343 g/mol. The summed E-state index contributed by atoms with van der Waals surface area (Å²) in [7, 11) is 1.63. The maximum Gasteiger partial charge on any atom is 0.311 e. The minimum atomic E-state index is -0.554. The van der Waals surface area contributed by atoms with Crippen LogP contribution in [0.15, 0.2) is 36.4 Å². The number of ketones is 1. The second-order valence-corrected chi connectivity index (χ2v) is 7.67. The highest BCUT2D eigenvalue weighted by atomic mass is 16.6. The van der Waals surface area contributed by atoms with Crippen molar-refractivity contribution in [3.63, 3.8) is 0 Å². The topological polar surface area (TPSA) is 55.8 Å². The average molecular weight is 343 g/mol. The van der Waals surface area contributed by atoms with Crippen molar-refractivity contribution in [1.29, 1.82) is 0 Å². The Bertz CT molecular complexity index is 704. The number of methoxy groups -OCH3 is 1. The maximum absolute atomic E-state index is 12.6. The zero-order valence-corrected chi connectivity index (χ0v) is 15.2. The Hall–Kier alpha value is -2.14. The molecule has 0 amide bonds. The third-order valence-corrected chi connectivity index (χ3v) is 4.64. The highest BCUT2D eigenvalue weighted by Gasteiger charge is 2.50. The summed E-state index contributed by atoms with van der Waals surface area (Å²) in [5, 5.41) is 0. The molecule has 2 bridgehead atoms. The van der Waals surface area contributed by atoms with Gasteiger partial charge in [0.15, 0.2) is 5.78 Å². The Morgan fingerprint density at radius 3 is 2.76 bits per heavy atom. The van der Waals surface area contributed by atoms with Gasteiger partial charge >= 0.3 is 5.97 Å². The molecule has 0 N–H and O–H groups in total. The van der Waals surface area contributed by atoms with Gasteiger partial charge in [0.25, 0.3) is 0 Å². The van der Waals surface area contributed by atoms with Gasteiger partial charge in [-0.25, -0.2) is 0 Å². The van der Waals surface area contributed by atoms with Crippen molar-refractivity contribution in [1.82, 2.24) is 4.90 Å². The van der Waals surface area contributed by atoms with Crippen LogP contribution >= 0.6 is 0 Å². The molecule has 0 aliphatic carbocycles. The minimum Gasteiger partial charge on any atom is -0.497 e. The molecule has 2 heterocycles. The van der Waals surface area contributed by atoms with Crippen LogP contribution in [0.5, 0.6) is 5.75 Å². The predicted molar refractivity (Wildman–Crippen MR) is 94.2 cm³/mol. The minimum absolute atomic E-state index is 0.0208. The summed E-state index contributed by atoms with van der Waals surface area (Å²) >= 11 is 0. The van der Waals surface area contributed by atoms with E-state index in [2.05, 4.69) is 4.90 Å². The van der Waals surface area contributed by atoms with Crippen LogP contribution in [0.25, 0.3) is 0 Å². The van der Waals surface area contributed by atoms with Gasteiger partial charge in [-0.1, -0.05) is 18.2 Å². The Morgan fingerprint density at radius 2 is 2.08 bits per heavy atom. The van der Waals surface area contributed by atoms with E-state index in [0.29, 0.717) is 13.0 Å². The molecular weight excluding hydrogens is 318 g/mol. The summed E-state index contributed by atoms with van der Waals surface area (Å²) in [4.78, 5) is 27.2. The first-order chi connectivity index (χ1) is 11.8. The Balaban J connectivity index is 1.81. The predicted octanol–water partition coefficient (Wildman–Crippen LogP) is 2.73. The number of nitrogens with zero attached hydrogens (tertiary/aromatic N) is 1. The number of carbonyl (C=O) groups excluding carboxylic acids is 2. The number of carbonyl (C=O) groups is 2. The van der Waals surface area contributed by atoms with Gasteiger partial charge in [0, 0.05) is 12.6 Å². The van der Waals surface area contributed by atoms with Crippen LogP contribution in [-0.4, -0.2) is 41.4 Å². The molecule has 0 radical (unpaired) electrons. The second-order valence-electron chi connectivity index (χ2n) is 7.67. The molecule has 5 nitrogen and oxygen atoms in total. The molecule has 2 aliphatic heterocycles. The van der Waals surface area contributed by atoms with Crippen LogP contribution in [0.4, 0.5) is 0 Å². The standard InChI is InChI=1S/C20H25NO4/c1-20(2,3)25-19(23)16-11-14-8-9-17(22)18(16)21(14)12-13-6-5-7-15(10-13)24-4/h5-10,14,16,18H,11-12H2,1-4H3/t14-,16-,18-/m1/s1. The van der Waals surface area contributed by atoms with Gasteiger partial charge in [0.2, 0.25) is 0 Å². The van der Waals surface area contributed by atoms with Crippen molar-refractivity contribution >= 4 is 11.8 Å². The number of rotatable bonds is 4. The van der Waals surface area contributed by atoms with E-state index in [4.69, 9.17) is 9.47 Å². The fraction of sp³-hybridized carbons (Fsp3) is 0.500. The molecular formula is C20H25NO4. The third kappa shape index (κ3) is 3.76. The molecule has 1 saturated heterocycles. The molecule has 2 aliphatic rings. The SMILES string of the molecule is COc1cccc(CN2[C@@H]3C=CC(=O)[C@H]2[C@H](C(=O)OC(C)(C)C)C3)c1. The summed E-state index contributed by atoms with van der Waals surface area (Å²) in [5.74, 6) is 0.0601. The highest BCUT2D eigenvalue weighted by Crippen LogP contribution is 2.37. The summed E-state index contributed by atoms with van der Waals surface area (Å²) in [6.45, 7) is 6.14. The number of ether oxygens (including phenoxy) is 2. The van der Waals surface area contributed by atoms with E-state index in [-0.39, 0.29) is 17.8 Å². The number of fused-ring (bicyclic) bond motifs is 2. The molecule has 1 aromatic carbocycles. The van der Waals surface area contributed by atoms with Gasteiger partial charge < -0.3 is 9.47 Å². The van der Waals surface area contributed by atoms with Gasteiger partial charge in [-0.3, -0.25) is 14.5 Å². The van der Waals surface area contributed by atoms with E-state index in [1.165, 1.54) is 0 Å². The number of hydrogen-bond donors (Lipinski definition) is 0. The fourth-order valence-corrected chi connectivity index (χ4v) is 3.62. The van der Waals surface area contributed by atoms with Gasteiger partial charge in [0.1, 0.15) is 11.4 Å². The van der Waals surface area contributed by atoms with Crippen molar-refractivity contribution in [3.05, 3.63) is 42.0 Å². The van der Waals surface area contributed by atoms with Crippen LogP contribution in [0.2, 0.25) is 0 Å². The van der Waals surface area contributed by atoms with Gasteiger partial charge in [-0.15, -0.1) is 0 Å². The lowest BCUT2D eigenvalue weighted by Gasteiger charge is -2.31. The maximum atomic E-state index is 12.6. The van der Waals surface area contributed by atoms with E-state index < -0.39 is 17.6 Å². The van der Waals surface area contributed by atoms with E-state index in [0.717, 1.165) is 11.3 Å². The zero-order valence-electron chi connectivity index (χ0n) is 15.2. The van der Waals surface area contributed by atoms with Crippen molar-refractivity contribution in [3.8, 4) is 5.75 Å². The normalized spacial score (nSPS) is 25.9. The molecule has 134 valence electrons. The van der Waals surface area contributed by atoms with Gasteiger partial charge in [0.05, 0.1) is 19.1 Å². The van der Waals surface area contributed by atoms with E-state index in [1.807, 2.05) is 51.1 Å². The Labute approximate surface area is 148 Å². The van der Waals surface area contributed by atoms with E-state index >= 15 is 0 Å². The van der Waals surface area contributed by atoms with Crippen LogP contribution in [0, 0.1) is 5.92 Å². The summed E-state index contributed by atoms with van der Waals surface area (Å²) in [6.07, 6.45) is 4.14. The molecule has 0 unspecified atom stereocenters. The zero-order chi connectivity index (χ0) is 18.2. The molecule has 1 fully saturated rings. The summed E-state index contributed by atoms with van der Waals surface area (Å²) in [5.41, 5.74) is 0.504. The number of esters is 1. The molecule has 3 atom stereocenters. The van der Waals surface area contributed by atoms with Crippen molar-refractivity contribution in [2.45, 2.75) is 51.4 Å². The molecule has 3 rings (SSSR count). The van der Waals surface area contributed by atoms with Crippen LogP contribution in [0.3, 0.4) is 0 Å². The van der Waals surface area contributed by atoms with Crippen molar-refractivity contribution in [2.75, 3.05) is 7.11 Å². The lowest BCUT2D eigenvalue weighted by molar-refractivity contribution is -0.161. The molecule has 0 spiro atoms. The van der Waals surface area contributed by atoms with Gasteiger partial charge in [-0.05, 0) is 51.0 Å². The largest absolute Gasteiger partial charge is 0.497 e. The van der Waals surface area contributed by atoms with Crippen molar-refractivity contribution in [2.24, 2.45) is 5.92 Å². The van der Waals surface area contributed by atoms with E-state index in [9.17, 15) is 9.59 Å². The fourth-order valence-electron chi connectivity index (χ4n) is 3.62. The molecule has 1 aromatic rings. The molecule has 0 aromatic heterocycles. The molecule has 25 heavy (non-hydrogen) atoms. The summed E-state index contributed by atoms with van der Waals surface area (Å²) < 4.78 is 10.8. The van der Waals surface area contributed by atoms with Crippen LogP contribution < -0.4 is 4.74 Å². The van der Waals surface area contributed by atoms with Crippen LogP contribution in [0.1, 0.15) is 32.8 Å². The first-order valence-corrected chi connectivity index (χ1v) is 8.62. The quantitative estimate of drug-likeness (QED) is 0.787. The first-order valence-electron chi connectivity index (χ1n) is 8.62. The highest BCUT2D eigenvalue weighted by molar-refractivity contribution is 5.99. The molecule has 0 saturated carbocycles. The third-order valence-electron chi connectivity index (χ3n) is 4.64. The van der Waals surface area contributed by atoms with Crippen LogP contribution in [-0.2, 0) is 20.9 Å². The average Bonchev–Trinajstić information content (AvgIpc) is 2.79. The smallest absolute Gasteiger partial charge is 0.311 e. The van der Waals surface area contributed by atoms with Crippen molar-refractivity contribution < 1.29 is 19.1 Å². The second kappa shape index (κ2) is 6.64. The lowest BCUT2D eigenvalue weighted by atomic mass is 9.97. The van der Waals surface area contributed by atoms with E-state index in [1.54, 1.807) is 13.2 Å². The Kier molecular flexibility index (Phi) is 4.69. The lowest BCUT2D eigenvalue weighted by Crippen LogP contribution is -2.46. The Morgan fingerprint density at radius 1 is 1.32 bits per heavy atom.